The van der Waals surface area contributed by atoms with Crippen LogP contribution in [0.4, 0.5) is 0 Å². The van der Waals surface area contributed by atoms with Crippen LogP contribution in [0.5, 0.6) is 0 Å². The van der Waals surface area contributed by atoms with E-state index in [1.54, 1.807) is 36.5 Å². The van der Waals surface area contributed by atoms with Gasteiger partial charge in [-0.2, -0.15) is 0 Å². The van der Waals surface area contributed by atoms with Crippen molar-refractivity contribution in [3.05, 3.63) is 66.2 Å². The van der Waals surface area contributed by atoms with Crippen LogP contribution >= 0.6 is 0 Å². The zero-order valence-corrected chi connectivity index (χ0v) is 18.2. The molecular weight excluding hydrogens is 422 g/mol. The number of aromatic nitrogens is 1. The highest BCUT2D eigenvalue weighted by Gasteiger charge is 2.52. The Balaban J connectivity index is 1.42. The summed E-state index contributed by atoms with van der Waals surface area (Å²) in [5, 5.41) is 0.773. The Morgan fingerprint density at radius 1 is 1.03 bits per heavy atom. The molecule has 0 aliphatic carbocycles. The molecule has 8 heteroatoms. The largest absolute Gasteiger partial charge is 0.453 e. The van der Waals surface area contributed by atoms with Crippen LogP contribution in [0.1, 0.15) is 28.7 Å². The number of ether oxygens (including phenoxy) is 1. The number of hydrogen-bond donors (Lipinski definition) is 0. The van der Waals surface area contributed by atoms with Crippen molar-refractivity contribution in [2.45, 2.75) is 12.5 Å². The lowest BCUT2D eigenvalue weighted by atomic mass is 9.90. The van der Waals surface area contributed by atoms with Gasteiger partial charge in [-0.25, -0.2) is 0 Å². The normalized spacial score (nSPS) is 21.8. The third kappa shape index (κ3) is 4.19. The van der Waals surface area contributed by atoms with Crippen molar-refractivity contribution in [3.8, 4) is 0 Å². The Morgan fingerprint density at radius 2 is 1.82 bits per heavy atom. The average Bonchev–Trinajstić information content (AvgIpc) is 3.40. The molecule has 170 valence electrons. The topological polar surface area (TPSA) is 93.0 Å². The molecule has 1 amide bonds. The zero-order valence-electron chi connectivity index (χ0n) is 18.2. The smallest absolute Gasteiger partial charge is 0.291 e. The number of nitrogens with zero attached hydrogens (tertiary/aromatic N) is 3. The first kappa shape index (κ1) is 21.5. The van der Waals surface area contributed by atoms with Gasteiger partial charge >= 0.3 is 0 Å². The number of amides is 1. The van der Waals surface area contributed by atoms with Crippen LogP contribution in [0, 0.1) is 5.92 Å². The summed E-state index contributed by atoms with van der Waals surface area (Å²) >= 11 is 0. The van der Waals surface area contributed by atoms with Crippen molar-refractivity contribution in [2.75, 3.05) is 39.4 Å². The summed E-state index contributed by atoms with van der Waals surface area (Å²) in [6.45, 7) is 4.26. The molecule has 5 rings (SSSR count). The summed E-state index contributed by atoms with van der Waals surface area (Å²) in [6.07, 6.45) is 2.30. The summed E-state index contributed by atoms with van der Waals surface area (Å²) in [7, 11) is 0. The minimum atomic E-state index is -1.18. The fraction of sp³-hybridized carbons (Fsp3) is 0.360. The van der Waals surface area contributed by atoms with Crippen molar-refractivity contribution in [2.24, 2.45) is 5.92 Å². The van der Waals surface area contributed by atoms with Gasteiger partial charge in [0.25, 0.3) is 5.91 Å². The third-order valence-corrected chi connectivity index (χ3v) is 6.32. The number of pyridine rings is 1. The van der Waals surface area contributed by atoms with E-state index in [4.69, 9.17) is 9.15 Å². The predicted octanol–water partition coefficient (Wildman–Crippen LogP) is 2.50. The number of morpholine rings is 1. The van der Waals surface area contributed by atoms with Crippen molar-refractivity contribution >= 4 is 28.4 Å². The Morgan fingerprint density at radius 3 is 2.58 bits per heavy atom. The van der Waals surface area contributed by atoms with E-state index in [1.807, 2.05) is 18.2 Å². The highest BCUT2D eigenvalue weighted by molar-refractivity contribution is 6.43. The predicted molar refractivity (Wildman–Crippen MR) is 120 cm³/mol. The van der Waals surface area contributed by atoms with Gasteiger partial charge in [0, 0.05) is 37.8 Å². The minimum Gasteiger partial charge on any atom is -0.453 e. The van der Waals surface area contributed by atoms with Gasteiger partial charge in [-0.3, -0.25) is 24.3 Å². The molecule has 2 unspecified atom stereocenters. The van der Waals surface area contributed by atoms with Gasteiger partial charge in [-0.15, -0.1) is 0 Å². The highest BCUT2D eigenvalue weighted by Crippen LogP contribution is 2.38. The number of likely N-dealkylation sites (tertiary alicyclic amines) is 1. The fourth-order valence-corrected chi connectivity index (χ4v) is 4.65. The van der Waals surface area contributed by atoms with E-state index < -0.39 is 29.4 Å². The van der Waals surface area contributed by atoms with Crippen molar-refractivity contribution < 1.29 is 23.5 Å². The second-order valence-electron chi connectivity index (χ2n) is 8.36. The summed E-state index contributed by atoms with van der Waals surface area (Å²) in [5.41, 5.74) is 1.09. The Bertz CT molecular complexity index is 1140. The number of para-hydroxylation sites is 1. The molecule has 2 atom stereocenters. The van der Waals surface area contributed by atoms with Crippen LogP contribution < -0.4 is 0 Å². The first-order valence-corrected chi connectivity index (χ1v) is 11.2. The van der Waals surface area contributed by atoms with Gasteiger partial charge < -0.3 is 14.1 Å². The van der Waals surface area contributed by atoms with E-state index in [0.29, 0.717) is 37.5 Å². The van der Waals surface area contributed by atoms with E-state index in [9.17, 15) is 14.4 Å². The van der Waals surface area contributed by atoms with E-state index in [-0.39, 0.29) is 5.76 Å². The van der Waals surface area contributed by atoms with Gasteiger partial charge in [-0.05, 0) is 30.7 Å². The van der Waals surface area contributed by atoms with Gasteiger partial charge in [-0.1, -0.05) is 24.3 Å². The second-order valence-corrected chi connectivity index (χ2v) is 8.36. The monoisotopic (exact) mass is 447 g/mol. The second kappa shape index (κ2) is 9.25. The summed E-state index contributed by atoms with van der Waals surface area (Å²) in [5.74, 6) is -2.93. The molecule has 0 saturated carbocycles. The molecule has 8 nitrogen and oxygen atoms in total. The summed E-state index contributed by atoms with van der Waals surface area (Å²) in [4.78, 5) is 47.8. The number of furan rings is 1. The van der Waals surface area contributed by atoms with Crippen LogP contribution in [0.3, 0.4) is 0 Å². The van der Waals surface area contributed by atoms with Crippen LogP contribution in [-0.4, -0.2) is 71.7 Å². The van der Waals surface area contributed by atoms with E-state index >= 15 is 0 Å². The quantitative estimate of drug-likeness (QED) is 0.312. The molecule has 3 aromatic rings. The van der Waals surface area contributed by atoms with Crippen LogP contribution in [-0.2, 0) is 14.3 Å². The number of hydrogen-bond acceptors (Lipinski definition) is 7. The maximum absolute atomic E-state index is 13.5. The van der Waals surface area contributed by atoms with Gasteiger partial charge in [0.15, 0.2) is 5.76 Å². The van der Waals surface area contributed by atoms with E-state index in [1.165, 1.54) is 4.90 Å². The van der Waals surface area contributed by atoms with Crippen LogP contribution in [0.25, 0.3) is 11.0 Å². The number of rotatable bonds is 7. The zero-order chi connectivity index (χ0) is 22.8. The molecular formula is C25H25N3O5. The van der Waals surface area contributed by atoms with E-state index in [0.717, 1.165) is 25.0 Å². The molecule has 2 aromatic heterocycles. The fourth-order valence-electron chi connectivity index (χ4n) is 4.65. The number of benzene rings is 1. The molecule has 0 N–H and O–H groups in total. The molecule has 4 heterocycles. The third-order valence-electron chi connectivity index (χ3n) is 6.32. The van der Waals surface area contributed by atoms with Crippen LogP contribution in [0.15, 0.2) is 59.1 Å². The average molecular weight is 447 g/mol. The number of carbonyl (C=O) groups is 3. The first-order chi connectivity index (χ1) is 16.1. The van der Waals surface area contributed by atoms with Crippen molar-refractivity contribution in [3.63, 3.8) is 0 Å². The van der Waals surface area contributed by atoms with Gasteiger partial charge in [0.2, 0.25) is 11.6 Å². The molecule has 0 bridgehead atoms. The minimum absolute atomic E-state index is 0.0819. The lowest BCUT2D eigenvalue weighted by Gasteiger charge is -2.29. The molecule has 2 aliphatic rings. The molecule has 2 aliphatic heterocycles. The number of Topliss-reactive ketones (excluding diaryl/α,β-unsaturated/α-hetero) is 2. The standard InChI is InChI=1S/C25H25N3O5/c29-23(20-16-17-6-1-2-8-19(17)33-20)21-22(18-7-3-4-9-26-18)28(25(31)24(21)30)11-5-10-27-12-14-32-15-13-27/h1-4,6-9,16,21-22H,5,10-15H2. The first-order valence-electron chi connectivity index (χ1n) is 11.2. The molecule has 33 heavy (non-hydrogen) atoms. The lowest BCUT2D eigenvalue weighted by molar-refractivity contribution is -0.140. The van der Waals surface area contributed by atoms with Gasteiger partial charge in [0.05, 0.1) is 24.9 Å². The lowest BCUT2D eigenvalue weighted by Crippen LogP contribution is -2.39. The Labute approximate surface area is 191 Å². The Kier molecular flexibility index (Phi) is 6.02. The van der Waals surface area contributed by atoms with E-state index in [2.05, 4.69) is 9.88 Å². The van der Waals surface area contributed by atoms with Crippen molar-refractivity contribution in [1.29, 1.82) is 0 Å². The maximum Gasteiger partial charge on any atom is 0.291 e. The highest BCUT2D eigenvalue weighted by atomic mass is 16.5. The Hall–Kier alpha value is -3.36. The number of fused-ring (bicyclic) bond motifs is 1. The summed E-state index contributed by atoms with van der Waals surface area (Å²) in [6, 6.07) is 13.5. The molecule has 1 aromatic carbocycles. The maximum atomic E-state index is 13.5. The molecule has 2 saturated heterocycles. The molecule has 0 radical (unpaired) electrons. The molecule has 0 spiro atoms. The van der Waals surface area contributed by atoms with Crippen LogP contribution in [0.2, 0.25) is 0 Å². The number of carbonyl (C=O) groups excluding carboxylic acids is 3. The van der Waals surface area contributed by atoms with Gasteiger partial charge in [0.1, 0.15) is 11.5 Å². The van der Waals surface area contributed by atoms with Crippen molar-refractivity contribution in [1.82, 2.24) is 14.8 Å². The summed E-state index contributed by atoms with van der Waals surface area (Å²) < 4.78 is 11.1. The molecule has 2 fully saturated rings. The SMILES string of the molecule is O=C1C(=O)N(CCCN2CCOCC2)C(c2ccccn2)C1C(=O)c1cc2ccccc2o1. The number of ketones is 2.